The molecule has 1 unspecified atom stereocenters. The molecule has 0 spiro atoms. The molecule has 1 heterocycles. The van der Waals surface area contributed by atoms with Gasteiger partial charge in [-0.25, -0.2) is 14.3 Å². The molecule has 4 N–H and O–H groups in total. The number of aryl methyl sites for hydroxylation is 1. The average Bonchev–Trinajstić information content (AvgIpc) is 2.62. The largest absolute Gasteiger partial charge is 0.481 e. The van der Waals surface area contributed by atoms with Gasteiger partial charge < -0.3 is 15.5 Å². The Morgan fingerprint density at radius 3 is 2.56 bits per heavy atom. The van der Waals surface area contributed by atoms with E-state index >= 15 is 0 Å². The molecule has 0 saturated carbocycles. The molecule has 2 amide bonds. The van der Waals surface area contributed by atoms with Crippen molar-refractivity contribution in [2.45, 2.75) is 12.5 Å². The maximum atomic E-state index is 11.4. The van der Waals surface area contributed by atoms with Crippen LogP contribution >= 0.6 is 0 Å². The molecule has 0 radical (unpaired) electrons. The van der Waals surface area contributed by atoms with E-state index in [2.05, 4.69) is 15.4 Å². The lowest BCUT2D eigenvalue weighted by Gasteiger charge is -2.12. The number of aromatic nitrogens is 3. The van der Waals surface area contributed by atoms with Gasteiger partial charge in [-0.1, -0.05) is 0 Å². The predicted octanol–water partition coefficient (Wildman–Crippen LogP) is -1.14. The molecule has 1 rings (SSSR count). The highest BCUT2D eigenvalue weighted by Crippen LogP contribution is 1.99. The first kappa shape index (κ1) is 13.4. The minimum Gasteiger partial charge on any atom is -0.481 e. The van der Waals surface area contributed by atoms with Gasteiger partial charge in [0.1, 0.15) is 12.4 Å². The van der Waals surface area contributed by atoms with Crippen LogP contribution in [-0.4, -0.2) is 49.0 Å². The molecule has 0 aromatic carbocycles. The smallest absolute Gasteiger partial charge is 0.326 e. The number of carboxylic acids is 2. The van der Waals surface area contributed by atoms with Crippen LogP contribution in [0.2, 0.25) is 0 Å². The van der Waals surface area contributed by atoms with Crippen LogP contribution < -0.4 is 10.6 Å². The van der Waals surface area contributed by atoms with E-state index in [9.17, 15) is 14.4 Å². The number of amides is 2. The van der Waals surface area contributed by atoms with E-state index in [4.69, 9.17) is 10.2 Å². The number of hydrogen-bond acceptors (Lipinski definition) is 5. The number of nitrogens with zero attached hydrogens (tertiary/aromatic N) is 3. The minimum absolute atomic E-state index is 0.104. The first-order valence-corrected chi connectivity index (χ1v) is 4.76. The summed E-state index contributed by atoms with van der Waals surface area (Å²) in [5.41, 5.74) is 0. The third-order valence-corrected chi connectivity index (χ3v) is 1.92. The first-order valence-electron chi connectivity index (χ1n) is 4.76. The molecule has 0 aliphatic heterocycles. The Morgan fingerprint density at radius 2 is 2.11 bits per heavy atom. The molecule has 0 aliphatic carbocycles. The third-order valence-electron chi connectivity index (χ3n) is 1.92. The van der Waals surface area contributed by atoms with E-state index in [-0.39, 0.29) is 5.95 Å². The predicted molar refractivity (Wildman–Crippen MR) is 56.8 cm³/mol. The van der Waals surface area contributed by atoms with Crippen molar-refractivity contribution in [2.24, 2.45) is 7.05 Å². The number of rotatable bonds is 5. The fraction of sp³-hybridized carbons (Fsp3) is 0.375. The molecule has 0 aliphatic rings. The lowest BCUT2D eigenvalue weighted by atomic mass is 10.2. The van der Waals surface area contributed by atoms with Crippen molar-refractivity contribution in [3.05, 3.63) is 6.33 Å². The van der Waals surface area contributed by atoms with Gasteiger partial charge in [0.05, 0.1) is 6.42 Å². The van der Waals surface area contributed by atoms with Crippen LogP contribution in [0.4, 0.5) is 10.7 Å². The summed E-state index contributed by atoms with van der Waals surface area (Å²) in [6, 6.07) is -2.39. The van der Waals surface area contributed by atoms with Gasteiger partial charge in [0.15, 0.2) is 0 Å². The molecule has 98 valence electrons. The standard InChI is InChI=1S/C8H11N5O5/c1-13-7(9-3-10-13)12-8(18)11-4(6(16)17)2-5(14)15/h3-4H,2H2,1H3,(H,14,15)(H,16,17)(H2,9,10,11,12,18). The zero-order valence-corrected chi connectivity index (χ0v) is 9.32. The van der Waals surface area contributed by atoms with E-state index in [1.807, 2.05) is 5.32 Å². The van der Waals surface area contributed by atoms with Gasteiger partial charge in [-0.3, -0.25) is 10.1 Å². The van der Waals surface area contributed by atoms with E-state index in [0.717, 1.165) is 0 Å². The van der Waals surface area contributed by atoms with Crippen molar-refractivity contribution in [1.82, 2.24) is 20.1 Å². The van der Waals surface area contributed by atoms with Crippen LogP contribution in [0.25, 0.3) is 0 Å². The van der Waals surface area contributed by atoms with E-state index in [0.29, 0.717) is 0 Å². The summed E-state index contributed by atoms with van der Waals surface area (Å²) in [4.78, 5) is 36.2. The molecule has 1 atom stereocenters. The van der Waals surface area contributed by atoms with Gasteiger partial charge in [0, 0.05) is 7.05 Å². The Hall–Kier alpha value is -2.65. The number of urea groups is 1. The van der Waals surface area contributed by atoms with Crippen LogP contribution in [0.5, 0.6) is 0 Å². The zero-order chi connectivity index (χ0) is 13.7. The number of nitrogens with one attached hydrogen (secondary N) is 2. The maximum absolute atomic E-state index is 11.4. The van der Waals surface area contributed by atoms with Crippen LogP contribution in [0.3, 0.4) is 0 Å². The Labute approximate surface area is 101 Å². The molecule has 0 saturated heterocycles. The van der Waals surface area contributed by atoms with Crippen LogP contribution in [0, 0.1) is 0 Å². The highest BCUT2D eigenvalue weighted by molar-refractivity contribution is 5.92. The van der Waals surface area contributed by atoms with Crippen molar-refractivity contribution >= 4 is 23.9 Å². The second-order valence-corrected chi connectivity index (χ2v) is 3.29. The fourth-order valence-electron chi connectivity index (χ4n) is 1.08. The topological polar surface area (TPSA) is 146 Å². The second kappa shape index (κ2) is 5.61. The minimum atomic E-state index is -1.52. The molecular weight excluding hydrogens is 246 g/mol. The summed E-state index contributed by atoms with van der Waals surface area (Å²) in [5, 5.41) is 25.1. The fourth-order valence-corrected chi connectivity index (χ4v) is 1.08. The number of carbonyl (C=O) groups excluding carboxylic acids is 1. The Bertz CT molecular complexity index is 470. The Kier molecular flexibility index (Phi) is 4.18. The van der Waals surface area contributed by atoms with E-state index < -0.39 is 30.4 Å². The number of anilines is 1. The molecule has 10 heteroatoms. The SMILES string of the molecule is Cn1ncnc1NC(=O)NC(CC(=O)O)C(=O)O. The van der Waals surface area contributed by atoms with Crippen molar-refractivity contribution in [1.29, 1.82) is 0 Å². The van der Waals surface area contributed by atoms with Crippen LogP contribution in [-0.2, 0) is 16.6 Å². The normalized spacial score (nSPS) is 11.6. The molecule has 10 nitrogen and oxygen atoms in total. The van der Waals surface area contributed by atoms with Crippen LogP contribution in [0.1, 0.15) is 6.42 Å². The summed E-state index contributed by atoms with van der Waals surface area (Å²) in [6.45, 7) is 0. The van der Waals surface area contributed by atoms with Crippen LogP contribution in [0.15, 0.2) is 6.33 Å². The Balaban J connectivity index is 2.59. The maximum Gasteiger partial charge on any atom is 0.326 e. The number of hydrogen-bond donors (Lipinski definition) is 4. The molecule has 0 fully saturated rings. The number of aliphatic carboxylic acids is 2. The van der Waals surface area contributed by atoms with Crippen molar-refractivity contribution in [3.8, 4) is 0 Å². The summed E-state index contributed by atoms with van der Waals surface area (Å²) in [7, 11) is 1.52. The molecular formula is C8H11N5O5. The summed E-state index contributed by atoms with van der Waals surface area (Å²) < 4.78 is 1.26. The van der Waals surface area contributed by atoms with Gasteiger partial charge in [0.2, 0.25) is 5.95 Å². The number of carbonyl (C=O) groups is 3. The van der Waals surface area contributed by atoms with E-state index in [1.54, 1.807) is 0 Å². The monoisotopic (exact) mass is 257 g/mol. The van der Waals surface area contributed by atoms with Crippen molar-refractivity contribution in [2.75, 3.05) is 5.32 Å². The lowest BCUT2D eigenvalue weighted by molar-refractivity contribution is -0.145. The highest BCUT2D eigenvalue weighted by Gasteiger charge is 2.23. The third kappa shape index (κ3) is 3.73. The van der Waals surface area contributed by atoms with Gasteiger partial charge >= 0.3 is 18.0 Å². The molecule has 0 bridgehead atoms. The first-order chi connectivity index (χ1) is 8.40. The molecule has 18 heavy (non-hydrogen) atoms. The van der Waals surface area contributed by atoms with Gasteiger partial charge in [-0.05, 0) is 0 Å². The van der Waals surface area contributed by atoms with E-state index in [1.165, 1.54) is 18.1 Å². The number of carboxylic acid groups (broad SMARTS) is 2. The van der Waals surface area contributed by atoms with Gasteiger partial charge in [-0.15, -0.1) is 0 Å². The molecule has 1 aromatic heterocycles. The summed E-state index contributed by atoms with van der Waals surface area (Å²) in [6.07, 6.45) is 0.475. The molecule has 1 aromatic rings. The summed E-state index contributed by atoms with van der Waals surface area (Å²) in [5.74, 6) is -2.67. The Morgan fingerprint density at radius 1 is 1.44 bits per heavy atom. The van der Waals surface area contributed by atoms with Crippen molar-refractivity contribution < 1.29 is 24.6 Å². The average molecular weight is 257 g/mol. The lowest BCUT2D eigenvalue weighted by Crippen LogP contribution is -2.44. The summed E-state index contributed by atoms with van der Waals surface area (Å²) >= 11 is 0. The second-order valence-electron chi connectivity index (χ2n) is 3.29. The zero-order valence-electron chi connectivity index (χ0n) is 9.32. The van der Waals surface area contributed by atoms with Crippen molar-refractivity contribution in [3.63, 3.8) is 0 Å². The van der Waals surface area contributed by atoms with Gasteiger partial charge in [-0.2, -0.15) is 10.1 Å². The van der Waals surface area contributed by atoms with Gasteiger partial charge in [0.25, 0.3) is 0 Å². The quantitative estimate of drug-likeness (QED) is 0.521. The highest BCUT2D eigenvalue weighted by atomic mass is 16.4.